The van der Waals surface area contributed by atoms with Gasteiger partial charge in [0.25, 0.3) is 5.92 Å². The molecule has 8 nitrogen and oxygen atoms in total. The molecule has 4 heterocycles. The Hall–Kier alpha value is -3.89. The van der Waals surface area contributed by atoms with Crippen LogP contribution in [-0.2, 0) is 11.3 Å². The summed E-state index contributed by atoms with van der Waals surface area (Å²) in [6.07, 6.45) is 6.59. The summed E-state index contributed by atoms with van der Waals surface area (Å²) in [5.74, 6) is -3.85. The minimum absolute atomic E-state index is 0.0745. The fourth-order valence-electron chi connectivity index (χ4n) is 3.47. The number of hydrogen-bond donors (Lipinski definition) is 1. The zero-order valence-electron chi connectivity index (χ0n) is 16.0. The van der Waals surface area contributed by atoms with Gasteiger partial charge in [-0.05, 0) is 35.9 Å². The molecule has 1 amide bonds. The SMILES string of the molecule is O=C(Cn1cc(-c2ccn3ncnc3c2)cn1)Nc1ccc(N2CC(F)(F)C2)c(F)c1. The Bertz CT molecular complexity index is 1270. The smallest absolute Gasteiger partial charge is 0.282 e. The van der Waals surface area contributed by atoms with Crippen LogP contribution >= 0.6 is 0 Å². The Morgan fingerprint density at radius 1 is 1.13 bits per heavy atom. The molecule has 3 aromatic heterocycles. The van der Waals surface area contributed by atoms with Crippen LogP contribution in [0.4, 0.5) is 24.5 Å². The first-order valence-electron chi connectivity index (χ1n) is 9.41. The Kier molecular flexibility index (Phi) is 4.38. The first-order valence-corrected chi connectivity index (χ1v) is 9.41. The molecule has 0 spiro atoms. The van der Waals surface area contributed by atoms with E-state index in [1.54, 1.807) is 23.1 Å². The zero-order valence-corrected chi connectivity index (χ0v) is 16.0. The molecule has 0 radical (unpaired) electrons. The Morgan fingerprint density at radius 3 is 2.74 bits per heavy atom. The third-order valence-corrected chi connectivity index (χ3v) is 4.97. The van der Waals surface area contributed by atoms with Crippen molar-refractivity contribution in [2.24, 2.45) is 0 Å². The van der Waals surface area contributed by atoms with Crippen LogP contribution in [0.2, 0.25) is 0 Å². The molecule has 31 heavy (non-hydrogen) atoms. The van der Waals surface area contributed by atoms with E-state index in [-0.39, 0.29) is 17.9 Å². The van der Waals surface area contributed by atoms with Crippen LogP contribution < -0.4 is 10.2 Å². The van der Waals surface area contributed by atoms with E-state index in [2.05, 4.69) is 20.5 Å². The number of halogens is 3. The van der Waals surface area contributed by atoms with E-state index >= 15 is 0 Å². The third kappa shape index (κ3) is 3.81. The van der Waals surface area contributed by atoms with E-state index in [1.807, 2.05) is 12.1 Å². The maximum absolute atomic E-state index is 14.3. The van der Waals surface area contributed by atoms with Gasteiger partial charge in [-0.25, -0.2) is 22.7 Å². The van der Waals surface area contributed by atoms with Crippen LogP contribution in [0.3, 0.4) is 0 Å². The number of nitrogens with one attached hydrogen (secondary N) is 1. The fraction of sp³-hybridized carbons (Fsp3) is 0.200. The molecular weight excluding hydrogens is 411 g/mol. The van der Waals surface area contributed by atoms with Crippen molar-refractivity contribution in [3.63, 3.8) is 0 Å². The van der Waals surface area contributed by atoms with E-state index < -0.39 is 30.7 Å². The predicted molar refractivity (Wildman–Crippen MR) is 106 cm³/mol. The molecule has 0 unspecified atom stereocenters. The number of carbonyl (C=O) groups excluding carboxylic acids is 1. The molecule has 0 bridgehead atoms. The lowest BCUT2D eigenvalue weighted by atomic mass is 10.1. The first kappa shape index (κ1) is 19.1. The van der Waals surface area contributed by atoms with E-state index in [0.717, 1.165) is 17.2 Å². The third-order valence-electron chi connectivity index (χ3n) is 4.97. The van der Waals surface area contributed by atoms with Gasteiger partial charge in [0.05, 0.1) is 25.0 Å². The molecule has 0 atom stereocenters. The van der Waals surface area contributed by atoms with E-state index in [4.69, 9.17) is 0 Å². The number of amides is 1. The molecule has 158 valence electrons. The normalized spacial score (nSPS) is 15.1. The average Bonchev–Trinajstić information content (AvgIpc) is 3.34. The lowest BCUT2D eigenvalue weighted by Crippen LogP contribution is -2.56. The largest absolute Gasteiger partial charge is 0.357 e. The summed E-state index contributed by atoms with van der Waals surface area (Å²) in [4.78, 5) is 17.7. The highest BCUT2D eigenvalue weighted by Crippen LogP contribution is 2.34. The van der Waals surface area contributed by atoms with Crippen LogP contribution in [-0.4, -0.2) is 49.3 Å². The van der Waals surface area contributed by atoms with Gasteiger partial charge in [0.15, 0.2) is 5.65 Å². The van der Waals surface area contributed by atoms with Crippen LogP contribution in [0.5, 0.6) is 0 Å². The number of alkyl halides is 2. The lowest BCUT2D eigenvalue weighted by Gasteiger charge is -2.40. The maximum atomic E-state index is 14.3. The molecular formula is C20H16F3N7O. The van der Waals surface area contributed by atoms with Crippen molar-refractivity contribution in [1.29, 1.82) is 0 Å². The predicted octanol–water partition coefficient (Wildman–Crippen LogP) is 2.83. The summed E-state index contributed by atoms with van der Waals surface area (Å²) in [6.45, 7) is -1.10. The molecule has 1 fully saturated rings. The van der Waals surface area contributed by atoms with Gasteiger partial charge in [-0.2, -0.15) is 10.2 Å². The molecule has 1 aliphatic heterocycles. The first-order chi connectivity index (χ1) is 14.9. The Morgan fingerprint density at radius 2 is 1.97 bits per heavy atom. The van der Waals surface area contributed by atoms with E-state index in [0.29, 0.717) is 5.65 Å². The molecule has 1 saturated heterocycles. The fourth-order valence-corrected chi connectivity index (χ4v) is 3.47. The average molecular weight is 427 g/mol. The van der Waals surface area contributed by atoms with Crippen molar-refractivity contribution in [1.82, 2.24) is 24.4 Å². The summed E-state index contributed by atoms with van der Waals surface area (Å²) in [5.41, 5.74) is 2.70. The Labute approximate surface area is 173 Å². The number of carbonyl (C=O) groups is 1. The van der Waals surface area contributed by atoms with Crippen molar-refractivity contribution in [3.05, 3.63) is 61.1 Å². The van der Waals surface area contributed by atoms with E-state index in [9.17, 15) is 18.0 Å². The molecule has 0 aliphatic carbocycles. The molecule has 4 aromatic rings. The number of anilines is 2. The minimum Gasteiger partial charge on any atom is -0.357 e. The van der Waals surface area contributed by atoms with Crippen LogP contribution in [0.25, 0.3) is 16.8 Å². The number of pyridine rings is 1. The molecule has 5 rings (SSSR count). The van der Waals surface area contributed by atoms with Crippen molar-refractivity contribution < 1.29 is 18.0 Å². The van der Waals surface area contributed by atoms with Crippen molar-refractivity contribution in [2.45, 2.75) is 12.5 Å². The topological polar surface area (TPSA) is 80.3 Å². The number of nitrogens with zero attached hydrogens (tertiary/aromatic N) is 6. The summed E-state index contributed by atoms with van der Waals surface area (Å²) in [7, 11) is 0. The summed E-state index contributed by atoms with van der Waals surface area (Å²) in [5, 5.41) is 10.8. The monoisotopic (exact) mass is 427 g/mol. The molecule has 0 saturated carbocycles. The second-order valence-corrected chi connectivity index (χ2v) is 7.33. The lowest BCUT2D eigenvalue weighted by molar-refractivity contribution is -0.116. The quantitative estimate of drug-likeness (QED) is 0.530. The van der Waals surface area contributed by atoms with Crippen molar-refractivity contribution in [2.75, 3.05) is 23.3 Å². The number of rotatable bonds is 5. The second-order valence-electron chi connectivity index (χ2n) is 7.33. The molecule has 1 aromatic carbocycles. The number of hydrogen-bond acceptors (Lipinski definition) is 5. The maximum Gasteiger partial charge on any atom is 0.282 e. The summed E-state index contributed by atoms with van der Waals surface area (Å²) in [6, 6.07) is 7.70. The number of aromatic nitrogens is 5. The van der Waals surface area contributed by atoms with Crippen molar-refractivity contribution >= 4 is 22.9 Å². The molecule has 1 N–H and O–H groups in total. The second kappa shape index (κ2) is 7.11. The van der Waals surface area contributed by atoms with Gasteiger partial charge >= 0.3 is 0 Å². The van der Waals surface area contributed by atoms with E-state index in [1.165, 1.54) is 28.0 Å². The van der Waals surface area contributed by atoms with Gasteiger partial charge < -0.3 is 10.2 Å². The molecule has 11 heteroatoms. The highest BCUT2D eigenvalue weighted by molar-refractivity contribution is 5.90. The molecule has 1 aliphatic rings. The van der Waals surface area contributed by atoms with Gasteiger partial charge in [0, 0.05) is 23.6 Å². The van der Waals surface area contributed by atoms with Gasteiger partial charge in [-0.3, -0.25) is 9.48 Å². The summed E-state index contributed by atoms with van der Waals surface area (Å²) < 4.78 is 43.3. The van der Waals surface area contributed by atoms with Crippen LogP contribution in [0, 0.1) is 5.82 Å². The summed E-state index contributed by atoms with van der Waals surface area (Å²) >= 11 is 0. The van der Waals surface area contributed by atoms with Gasteiger partial charge in [0.1, 0.15) is 18.7 Å². The van der Waals surface area contributed by atoms with Crippen molar-refractivity contribution in [3.8, 4) is 11.1 Å². The van der Waals surface area contributed by atoms with Gasteiger partial charge in [-0.15, -0.1) is 0 Å². The van der Waals surface area contributed by atoms with Crippen LogP contribution in [0.1, 0.15) is 0 Å². The number of fused-ring (bicyclic) bond motifs is 1. The Balaban J connectivity index is 1.23. The van der Waals surface area contributed by atoms with Gasteiger partial charge in [0.2, 0.25) is 5.91 Å². The number of benzene rings is 1. The van der Waals surface area contributed by atoms with Gasteiger partial charge in [-0.1, -0.05) is 0 Å². The highest BCUT2D eigenvalue weighted by atomic mass is 19.3. The zero-order chi connectivity index (χ0) is 21.6. The highest BCUT2D eigenvalue weighted by Gasteiger charge is 2.44. The standard InChI is InChI=1S/C20H16F3N7O/c21-16-6-15(1-2-17(16)28-10-20(22,23)11-28)27-19(31)9-29-8-14(7-25-29)13-3-4-30-18(5-13)24-12-26-30/h1-8,12H,9-11H2,(H,27,31). The minimum atomic E-state index is -2.79. The van der Waals surface area contributed by atoms with Crippen LogP contribution in [0.15, 0.2) is 55.2 Å².